The van der Waals surface area contributed by atoms with Crippen LogP contribution in [0.5, 0.6) is 0 Å². The standard InChI is InChI=1S/C13H10BrNO2/c1-17-13(16)10-4-2-9(3-5-10)12-8-11(14)6-7-15-12/h2-8H,1H3. The summed E-state index contributed by atoms with van der Waals surface area (Å²) in [7, 11) is 1.37. The van der Waals surface area contributed by atoms with E-state index >= 15 is 0 Å². The van der Waals surface area contributed by atoms with E-state index < -0.39 is 0 Å². The summed E-state index contributed by atoms with van der Waals surface area (Å²) < 4.78 is 5.61. The number of hydrogen-bond donors (Lipinski definition) is 0. The maximum absolute atomic E-state index is 11.3. The third-order valence-electron chi connectivity index (χ3n) is 2.32. The van der Waals surface area contributed by atoms with E-state index in [0.29, 0.717) is 5.56 Å². The van der Waals surface area contributed by atoms with Gasteiger partial charge in [-0.3, -0.25) is 4.98 Å². The molecule has 0 aliphatic rings. The first-order valence-electron chi connectivity index (χ1n) is 5.01. The Balaban J connectivity index is 2.32. The quantitative estimate of drug-likeness (QED) is 0.797. The van der Waals surface area contributed by atoms with Crippen LogP contribution in [0.15, 0.2) is 47.1 Å². The molecule has 0 atom stereocenters. The van der Waals surface area contributed by atoms with Crippen LogP contribution in [0.3, 0.4) is 0 Å². The van der Waals surface area contributed by atoms with E-state index in [1.165, 1.54) is 7.11 Å². The van der Waals surface area contributed by atoms with Gasteiger partial charge in [-0.2, -0.15) is 0 Å². The minimum atomic E-state index is -0.334. The number of pyridine rings is 1. The number of halogens is 1. The molecule has 0 spiro atoms. The Labute approximate surface area is 108 Å². The van der Waals surface area contributed by atoms with Gasteiger partial charge < -0.3 is 4.74 Å². The first-order chi connectivity index (χ1) is 8.20. The molecule has 86 valence electrons. The molecule has 0 aliphatic heterocycles. The molecule has 0 saturated carbocycles. The zero-order chi connectivity index (χ0) is 12.3. The minimum absolute atomic E-state index is 0.334. The first kappa shape index (κ1) is 11.8. The second kappa shape index (κ2) is 5.10. The van der Waals surface area contributed by atoms with Crippen molar-refractivity contribution in [2.75, 3.05) is 7.11 Å². The Kier molecular flexibility index (Phi) is 3.54. The lowest BCUT2D eigenvalue weighted by Crippen LogP contribution is -2.00. The number of benzene rings is 1. The van der Waals surface area contributed by atoms with Crippen molar-refractivity contribution in [3.8, 4) is 11.3 Å². The molecule has 1 heterocycles. The molecule has 0 radical (unpaired) electrons. The largest absolute Gasteiger partial charge is 0.465 e. The highest BCUT2D eigenvalue weighted by Crippen LogP contribution is 2.20. The Hall–Kier alpha value is -1.68. The van der Waals surface area contributed by atoms with E-state index in [-0.39, 0.29) is 5.97 Å². The lowest BCUT2D eigenvalue weighted by Gasteiger charge is -2.03. The molecule has 0 bridgehead atoms. The fourth-order valence-electron chi connectivity index (χ4n) is 1.46. The molecule has 0 N–H and O–H groups in total. The van der Waals surface area contributed by atoms with Gasteiger partial charge in [-0.25, -0.2) is 4.79 Å². The van der Waals surface area contributed by atoms with Crippen LogP contribution in [0.25, 0.3) is 11.3 Å². The highest BCUT2D eigenvalue weighted by atomic mass is 79.9. The van der Waals surface area contributed by atoms with E-state index in [2.05, 4.69) is 25.7 Å². The van der Waals surface area contributed by atoms with Gasteiger partial charge in [0.2, 0.25) is 0 Å². The van der Waals surface area contributed by atoms with Gasteiger partial charge in [0.05, 0.1) is 18.4 Å². The molecule has 2 rings (SSSR count). The normalized spacial score (nSPS) is 10.0. The van der Waals surface area contributed by atoms with Crippen LogP contribution in [-0.2, 0) is 4.74 Å². The minimum Gasteiger partial charge on any atom is -0.465 e. The van der Waals surface area contributed by atoms with E-state index in [4.69, 9.17) is 0 Å². The molecule has 0 amide bonds. The summed E-state index contributed by atoms with van der Waals surface area (Å²) in [4.78, 5) is 15.5. The molecule has 1 aromatic heterocycles. The van der Waals surface area contributed by atoms with Gasteiger partial charge in [0, 0.05) is 16.2 Å². The fraction of sp³-hybridized carbons (Fsp3) is 0.0769. The monoisotopic (exact) mass is 291 g/mol. The summed E-state index contributed by atoms with van der Waals surface area (Å²) in [5.74, 6) is -0.334. The van der Waals surface area contributed by atoms with Gasteiger partial charge in [-0.05, 0) is 24.3 Å². The molecule has 2 aromatic rings. The van der Waals surface area contributed by atoms with Crippen LogP contribution >= 0.6 is 15.9 Å². The third-order valence-corrected chi connectivity index (χ3v) is 2.82. The zero-order valence-electron chi connectivity index (χ0n) is 9.18. The smallest absolute Gasteiger partial charge is 0.337 e. The number of ether oxygens (including phenoxy) is 1. The molecule has 1 aromatic carbocycles. The summed E-state index contributed by atoms with van der Waals surface area (Å²) >= 11 is 3.39. The van der Waals surface area contributed by atoms with Crippen LogP contribution in [0, 0.1) is 0 Å². The Morgan fingerprint density at radius 1 is 1.24 bits per heavy atom. The van der Waals surface area contributed by atoms with Gasteiger partial charge in [0.15, 0.2) is 0 Å². The number of nitrogens with zero attached hydrogens (tertiary/aromatic N) is 1. The molecule has 0 saturated heterocycles. The van der Waals surface area contributed by atoms with Crippen LogP contribution in [-0.4, -0.2) is 18.1 Å². The van der Waals surface area contributed by atoms with Crippen LogP contribution < -0.4 is 0 Å². The summed E-state index contributed by atoms with van der Waals surface area (Å²) in [6.45, 7) is 0. The van der Waals surface area contributed by atoms with E-state index in [0.717, 1.165) is 15.7 Å². The SMILES string of the molecule is COC(=O)c1ccc(-c2cc(Br)ccn2)cc1. The average molecular weight is 292 g/mol. The Bertz CT molecular complexity index is 537. The van der Waals surface area contributed by atoms with Gasteiger partial charge in [0.25, 0.3) is 0 Å². The third kappa shape index (κ3) is 2.71. The molecule has 3 nitrogen and oxygen atoms in total. The maximum atomic E-state index is 11.3. The fourth-order valence-corrected chi connectivity index (χ4v) is 1.79. The van der Waals surface area contributed by atoms with Crippen molar-refractivity contribution in [1.29, 1.82) is 0 Å². The summed E-state index contributed by atoms with van der Waals surface area (Å²) in [6, 6.07) is 10.9. The van der Waals surface area contributed by atoms with Crippen molar-refractivity contribution >= 4 is 21.9 Å². The van der Waals surface area contributed by atoms with Gasteiger partial charge in [0.1, 0.15) is 0 Å². The Morgan fingerprint density at radius 3 is 2.53 bits per heavy atom. The number of rotatable bonds is 2. The summed E-state index contributed by atoms with van der Waals surface area (Å²) in [6.07, 6.45) is 1.73. The molecular weight excluding hydrogens is 282 g/mol. The van der Waals surface area contributed by atoms with Gasteiger partial charge in [-0.15, -0.1) is 0 Å². The van der Waals surface area contributed by atoms with Crippen LogP contribution in [0.1, 0.15) is 10.4 Å². The van der Waals surface area contributed by atoms with Gasteiger partial charge in [-0.1, -0.05) is 28.1 Å². The van der Waals surface area contributed by atoms with Crippen LogP contribution in [0.4, 0.5) is 0 Å². The molecular formula is C13H10BrNO2. The van der Waals surface area contributed by atoms with Crippen LogP contribution in [0.2, 0.25) is 0 Å². The summed E-state index contributed by atoms with van der Waals surface area (Å²) in [5.41, 5.74) is 2.35. The number of methoxy groups -OCH3 is 1. The van der Waals surface area contributed by atoms with E-state index in [1.807, 2.05) is 24.3 Å². The molecule has 0 aliphatic carbocycles. The zero-order valence-corrected chi connectivity index (χ0v) is 10.8. The molecule has 4 heteroatoms. The van der Waals surface area contributed by atoms with E-state index in [9.17, 15) is 4.79 Å². The second-order valence-electron chi connectivity index (χ2n) is 3.43. The number of carbonyl (C=O) groups excluding carboxylic acids is 1. The highest BCUT2D eigenvalue weighted by molar-refractivity contribution is 9.10. The Morgan fingerprint density at radius 2 is 1.94 bits per heavy atom. The van der Waals surface area contributed by atoms with Crippen molar-refractivity contribution in [1.82, 2.24) is 4.98 Å². The van der Waals surface area contributed by atoms with Crippen molar-refractivity contribution in [2.24, 2.45) is 0 Å². The maximum Gasteiger partial charge on any atom is 0.337 e. The lowest BCUT2D eigenvalue weighted by molar-refractivity contribution is 0.0601. The number of carbonyl (C=O) groups is 1. The van der Waals surface area contributed by atoms with Gasteiger partial charge >= 0.3 is 5.97 Å². The topological polar surface area (TPSA) is 39.2 Å². The molecule has 0 unspecified atom stereocenters. The highest BCUT2D eigenvalue weighted by Gasteiger charge is 2.05. The number of hydrogen-bond acceptors (Lipinski definition) is 3. The molecule has 17 heavy (non-hydrogen) atoms. The predicted molar refractivity (Wildman–Crippen MR) is 68.7 cm³/mol. The summed E-state index contributed by atoms with van der Waals surface area (Å²) in [5, 5.41) is 0. The average Bonchev–Trinajstić information content (AvgIpc) is 2.38. The lowest BCUT2D eigenvalue weighted by atomic mass is 10.1. The van der Waals surface area contributed by atoms with Crippen molar-refractivity contribution in [2.45, 2.75) is 0 Å². The second-order valence-corrected chi connectivity index (χ2v) is 4.34. The van der Waals surface area contributed by atoms with Crippen molar-refractivity contribution < 1.29 is 9.53 Å². The molecule has 0 fully saturated rings. The van der Waals surface area contributed by atoms with Crippen molar-refractivity contribution in [3.63, 3.8) is 0 Å². The van der Waals surface area contributed by atoms with E-state index in [1.54, 1.807) is 18.3 Å². The number of aromatic nitrogens is 1. The van der Waals surface area contributed by atoms with Crippen molar-refractivity contribution in [3.05, 3.63) is 52.6 Å². The number of esters is 1. The first-order valence-corrected chi connectivity index (χ1v) is 5.80. The predicted octanol–water partition coefficient (Wildman–Crippen LogP) is 3.30.